The summed E-state index contributed by atoms with van der Waals surface area (Å²) in [4.78, 5) is 12.0. The van der Waals surface area contributed by atoms with Crippen molar-refractivity contribution < 1.29 is 4.79 Å². The third kappa shape index (κ3) is 3.74. The van der Waals surface area contributed by atoms with Crippen molar-refractivity contribution in [3.8, 4) is 0 Å². The van der Waals surface area contributed by atoms with Crippen LogP contribution in [0.15, 0.2) is 24.3 Å². The zero-order valence-corrected chi connectivity index (χ0v) is 11.6. The standard InChI is InChI=1S/C14H20ClNO/c1-9(2)10(3)14(17)16-13-8-6-5-7-12(13)11(4)15/h5-11H,1-4H3,(H,16,17). The summed E-state index contributed by atoms with van der Waals surface area (Å²) in [5, 5.41) is 2.84. The zero-order valence-electron chi connectivity index (χ0n) is 10.8. The molecule has 0 aliphatic rings. The van der Waals surface area contributed by atoms with Crippen molar-refractivity contribution in [1.82, 2.24) is 0 Å². The molecule has 1 N–H and O–H groups in total. The number of carbonyl (C=O) groups is 1. The summed E-state index contributed by atoms with van der Waals surface area (Å²) in [7, 11) is 0. The van der Waals surface area contributed by atoms with Crippen molar-refractivity contribution in [2.45, 2.75) is 33.1 Å². The van der Waals surface area contributed by atoms with Gasteiger partial charge in [0.25, 0.3) is 0 Å². The number of hydrogen-bond acceptors (Lipinski definition) is 1. The molecule has 0 bridgehead atoms. The Morgan fingerprint density at radius 2 is 1.76 bits per heavy atom. The van der Waals surface area contributed by atoms with Crippen LogP contribution < -0.4 is 5.32 Å². The molecule has 2 atom stereocenters. The number of halogens is 1. The predicted molar refractivity (Wildman–Crippen MR) is 73.3 cm³/mol. The molecule has 1 amide bonds. The molecule has 94 valence electrons. The quantitative estimate of drug-likeness (QED) is 0.800. The molecule has 0 saturated heterocycles. The molecule has 17 heavy (non-hydrogen) atoms. The molecule has 0 saturated carbocycles. The van der Waals surface area contributed by atoms with Crippen molar-refractivity contribution in [3.05, 3.63) is 29.8 Å². The molecule has 0 aromatic heterocycles. The molecule has 3 heteroatoms. The zero-order chi connectivity index (χ0) is 13.0. The minimum atomic E-state index is -0.110. The van der Waals surface area contributed by atoms with Gasteiger partial charge in [0.1, 0.15) is 0 Å². The summed E-state index contributed by atoms with van der Waals surface area (Å²) >= 11 is 6.08. The van der Waals surface area contributed by atoms with Crippen LogP contribution in [0.1, 0.15) is 38.6 Å². The first-order chi connectivity index (χ1) is 7.93. The van der Waals surface area contributed by atoms with Gasteiger partial charge in [-0.15, -0.1) is 11.6 Å². The van der Waals surface area contributed by atoms with Gasteiger partial charge < -0.3 is 5.32 Å². The van der Waals surface area contributed by atoms with E-state index in [4.69, 9.17) is 11.6 Å². The Hall–Kier alpha value is -1.02. The second-order valence-corrected chi connectivity index (χ2v) is 5.38. The third-order valence-corrected chi connectivity index (χ3v) is 3.30. The number of hydrogen-bond donors (Lipinski definition) is 1. The van der Waals surface area contributed by atoms with E-state index in [0.29, 0.717) is 5.92 Å². The topological polar surface area (TPSA) is 29.1 Å². The lowest BCUT2D eigenvalue weighted by Crippen LogP contribution is -2.24. The lowest BCUT2D eigenvalue weighted by atomic mass is 9.97. The molecule has 2 nitrogen and oxygen atoms in total. The van der Waals surface area contributed by atoms with Crippen LogP contribution in [0.2, 0.25) is 0 Å². The number of anilines is 1. The molecule has 0 heterocycles. The van der Waals surface area contributed by atoms with Gasteiger partial charge in [-0.05, 0) is 24.5 Å². The molecule has 1 aromatic rings. The molecule has 0 aliphatic carbocycles. The smallest absolute Gasteiger partial charge is 0.227 e. The van der Waals surface area contributed by atoms with Crippen LogP contribution in [-0.2, 0) is 4.79 Å². The third-order valence-electron chi connectivity index (χ3n) is 3.06. The Morgan fingerprint density at radius 1 is 1.18 bits per heavy atom. The van der Waals surface area contributed by atoms with Gasteiger partial charge in [-0.1, -0.05) is 39.0 Å². The fraction of sp³-hybridized carbons (Fsp3) is 0.500. The van der Waals surface area contributed by atoms with Crippen molar-refractivity contribution in [2.24, 2.45) is 11.8 Å². The fourth-order valence-corrected chi connectivity index (χ4v) is 1.70. The first-order valence-electron chi connectivity index (χ1n) is 5.97. The highest BCUT2D eigenvalue weighted by Crippen LogP contribution is 2.27. The molecule has 0 fully saturated rings. The molecule has 0 aliphatic heterocycles. The fourth-order valence-electron chi connectivity index (χ4n) is 1.51. The van der Waals surface area contributed by atoms with Crippen LogP contribution in [0.3, 0.4) is 0 Å². The molecule has 0 radical (unpaired) electrons. The average Bonchev–Trinajstić information content (AvgIpc) is 2.28. The van der Waals surface area contributed by atoms with Gasteiger partial charge >= 0.3 is 0 Å². The highest BCUT2D eigenvalue weighted by atomic mass is 35.5. The number of alkyl halides is 1. The van der Waals surface area contributed by atoms with Crippen LogP contribution in [0.5, 0.6) is 0 Å². The van der Waals surface area contributed by atoms with Crippen LogP contribution in [-0.4, -0.2) is 5.91 Å². The van der Waals surface area contributed by atoms with Crippen LogP contribution in [0.25, 0.3) is 0 Å². The minimum absolute atomic E-state index is 0.00584. The molecule has 1 rings (SSSR count). The Morgan fingerprint density at radius 3 is 2.29 bits per heavy atom. The summed E-state index contributed by atoms with van der Waals surface area (Å²) in [5.41, 5.74) is 1.77. The Kier molecular flexibility index (Phi) is 5.01. The van der Waals surface area contributed by atoms with Crippen molar-refractivity contribution in [1.29, 1.82) is 0 Å². The number of rotatable bonds is 4. The lowest BCUT2D eigenvalue weighted by Gasteiger charge is -2.18. The van der Waals surface area contributed by atoms with E-state index < -0.39 is 0 Å². The van der Waals surface area contributed by atoms with Gasteiger partial charge in [0.2, 0.25) is 5.91 Å². The number of nitrogens with one attached hydrogen (secondary N) is 1. The van der Waals surface area contributed by atoms with Crippen molar-refractivity contribution in [3.63, 3.8) is 0 Å². The minimum Gasteiger partial charge on any atom is -0.326 e. The first kappa shape index (κ1) is 14.0. The van der Waals surface area contributed by atoms with E-state index in [0.717, 1.165) is 11.3 Å². The van der Waals surface area contributed by atoms with Gasteiger partial charge in [-0.2, -0.15) is 0 Å². The Bertz CT molecular complexity index is 388. The summed E-state index contributed by atoms with van der Waals surface area (Å²) in [6, 6.07) is 7.65. The van der Waals surface area contributed by atoms with Crippen molar-refractivity contribution in [2.75, 3.05) is 5.32 Å². The van der Waals surface area contributed by atoms with E-state index in [-0.39, 0.29) is 17.2 Å². The number of carbonyl (C=O) groups excluding carboxylic acids is 1. The van der Waals surface area contributed by atoms with E-state index >= 15 is 0 Å². The normalized spacial score (nSPS) is 14.5. The summed E-state index contributed by atoms with van der Waals surface area (Å²) < 4.78 is 0. The predicted octanol–water partition coefficient (Wildman–Crippen LogP) is 4.22. The highest BCUT2D eigenvalue weighted by molar-refractivity contribution is 6.21. The van der Waals surface area contributed by atoms with E-state index in [9.17, 15) is 4.79 Å². The molecular weight excluding hydrogens is 234 g/mol. The molecule has 1 aromatic carbocycles. The lowest BCUT2D eigenvalue weighted by molar-refractivity contribution is -0.120. The van der Waals surface area contributed by atoms with Gasteiger partial charge in [-0.25, -0.2) is 0 Å². The van der Waals surface area contributed by atoms with Gasteiger partial charge in [0, 0.05) is 11.6 Å². The highest BCUT2D eigenvalue weighted by Gasteiger charge is 2.18. The second kappa shape index (κ2) is 6.06. The Labute approximate surface area is 108 Å². The summed E-state index contributed by atoms with van der Waals surface area (Å²) in [6.07, 6.45) is 0. The SMILES string of the molecule is CC(Cl)c1ccccc1NC(=O)C(C)C(C)C. The van der Waals surface area contributed by atoms with Crippen LogP contribution >= 0.6 is 11.6 Å². The van der Waals surface area contributed by atoms with Gasteiger partial charge in [0.05, 0.1) is 5.38 Å². The number of benzene rings is 1. The van der Waals surface area contributed by atoms with E-state index in [2.05, 4.69) is 5.32 Å². The maximum absolute atomic E-state index is 12.0. The first-order valence-corrected chi connectivity index (χ1v) is 6.41. The summed E-state index contributed by atoms with van der Waals surface area (Å²) in [5.74, 6) is 0.369. The van der Waals surface area contributed by atoms with E-state index in [1.807, 2.05) is 52.0 Å². The van der Waals surface area contributed by atoms with Crippen molar-refractivity contribution >= 4 is 23.2 Å². The maximum atomic E-state index is 12.0. The average molecular weight is 254 g/mol. The largest absolute Gasteiger partial charge is 0.326 e. The van der Waals surface area contributed by atoms with E-state index in [1.165, 1.54) is 0 Å². The molecule has 2 unspecified atom stereocenters. The van der Waals surface area contributed by atoms with E-state index in [1.54, 1.807) is 0 Å². The molecular formula is C14H20ClNO. The van der Waals surface area contributed by atoms with Gasteiger partial charge in [0.15, 0.2) is 0 Å². The second-order valence-electron chi connectivity index (χ2n) is 4.73. The van der Waals surface area contributed by atoms with Crippen LogP contribution in [0, 0.1) is 11.8 Å². The number of amides is 1. The maximum Gasteiger partial charge on any atom is 0.227 e. The Balaban J connectivity index is 2.85. The monoisotopic (exact) mass is 253 g/mol. The summed E-state index contributed by atoms with van der Waals surface area (Å²) in [6.45, 7) is 7.92. The van der Waals surface area contributed by atoms with Gasteiger partial charge in [-0.3, -0.25) is 4.79 Å². The number of para-hydroxylation sites is 1. The van der Waals surface area contributed by atoms with Crippen LogP contribution in [0.4, 0.5) is 5.69 Å². The molecule has 0 spiro atoms.